The third kappa shape index (κ3) is 6.82. The number of hydrogen-bond acceptors (Lipinski definition) is 7. The van der Waals surface area contributed by atoms with Crippen molar-refractivity contribution in [3.63, 3.8) is 0 Å². The molecule has 1 aromatic carbocycles. The predicted molar refractivity (Wildman–Crippen MR) is 156 cm³/mol. The van der Waals surface area contributed by atoms with Crippen LogP contribution in [0.1, 0.15) is 87.3 Å². The molecule has 1 aromatic heterocycles. The zero-order valence-corrected chi connectivity index (χ0v) is 26.1. The summed E-state index contributed by atoms with van der Waals surface area (Å²) in [6.45, 7) is 5.19. The van der Waals surface area contributed by atoms with Crippen LogP contribution in [0.5, 0.6) is 0 Å². The number of nitrogens with zero attached hydrogens (tertiary/aromatic N) is 1. The number of sulfonamides is 1. The summed E-state index contributed by atoms with van der Waals surface area (Å²) in [5.74, 6) is -1.53. The van der Waals surface area contributed by atoms with Crippen molar-refractivity contribution in [1.82, 2.24) is 15.0 Å². The van der Waals surface area contributed by atoms with E-state index in [0.717, 1.165) is 43.4 Å². The maximum atomic E-state index is 13.2. The minimum absolute atomic E-state index is 0.0390. The molecule has 1 amide bonds. The van der Waals surface area contributed by atoms with Crippen LogP contribution in [0.4, 0.5) is 0 Å². The zero-order chi connectivity index (χ0) is 29.4. The normalized spacial score (nSPS) is 21.1. The van der Waals surface area contributed by atoms with Gasteiger partial charge in [-0.2, -0.15) is 0 Å². The first-order valence-electron chi connectivity index (χ1n) is 13.3. The maximum Gasteiger partial charge on any atom is 0.306 e. The van der Waals surface area contributed by atoms with Crippen LogP contribution in [0.3, 0.4) is 0 Å². The summed E-state index contributed by atoms with van der Waals surface area (Å²) >= 11 is 14.4. The predicted octanol–water partition coefficient (Wildman–Crippen LogP) is 6.05. The van der Waals surface area contributed by atoms with E-state index in [2.05, 4.69) is 10.0 Å². The summed E-state index contributed by atoms with van der Waals surface area (Å²) < 4.78 is 34.6. The Hall–Kier alpha value is -1.76. The fraction of sp³-hybridized carbons (Fsp3) is 0.593. The third-order valence-corrected chi connectivity index (χ3v) is 11.2. The number of carbonyl (C=O) groups excluding carboxylic acids is 1. The number of hydrogen-bond donors (Lipinski definition) is 3. The standard InChI is InChI=1S/C27H35Cl2N3O6S2/c1-27(2,3)32-40(36,37)18-11-10-17(19(28)20(18)29)23-21(22(38-4)14-8-6-5-7-9-14)31-25(39-23)24(33)30-16-12-15(13-16)26(34)35/h10-11,14-16,22,32H,5-9,12-13H2,1-4H3,(H,30,33)(H,34,35). The summed E-state index contributed by atoms with van der Waals surface area (Å²) in [5.41, 5.74) is 0.292. The molecule has 1 unspecified atom stereocenters. The average molecular weight is 633 g/mol. The molecule has 2 aliphatic carbocycles. The lowest BCUT2D eigenvalue weighted by Gasteiger charge is -2.32. The number of thiazole rings is 1. The summed E-state index contributed by atoms with van der Waals surface area (Å²) in [4.78, 5) is 29.5. The molecule has 13 heteroatoms. The van der Waals surface area contributed by atoms with Crippen LogP contribution in [0, 0.1) is 11.8 Å². The van der Waals surface area contributed by atoms with Crippen molar-refractivity contribution in [3.8, 4) is 10.4 Å². The van der Waals surface area contributed by atoms with Crippen molar-refractivity contribution in [2.75, 3.05) is 7.11 Å². The minimum Gasteiger partial charge on any atom is -0.481 e. The van der Waals surface area contributed by atoms with Gasteiger partial charge in [0.15, 0.2) is 5.01 Å². The summed E-state index contributed by atoms with van der Waals surface area (Å²) in [6.07, 6.45) is 5.56. The van der Waals surface area contributed by atoms with Gasteiger partial charge in [-0.15, -0.1) is 11.3 Å². The molecular formula is C27H35Cl2N3O6S2. The molecule has 0 bridgehead atoms. The Morgan fingerprint density at radius 3 is 2.35 bits per heavy atom. The number of benzene rings is 1. The largest absolute Gasteiger partial charge is 0.481 e. The van der Waals surface area contributed by atoms with Crippen molar-refractivity contribution in [2.45, 2.75) is 88.3 Å². The van der Waals surface area contributed by atoms with Crippen LogP contribution < -0.4 is 10.0 Å². The molecule has 0 aliphatic heterocycles. The lowest BCUT2D eigenvalue weighted by atomic mass is 9.80. The molecule has 2 aliphatic rings. The van der Waals surface area contributed by atoms with Crippen LogP contribution in [0.15, 0.2) is 17.0 Å². The van der Waals surface area contributed by atoms with Gasteiger partial charge in [-0.1, -0.05) is 48.5 Å². The molecule has 0 radical (unpaired) electrons. The van der Waals surface area contributed by atoms with Gasteiger partial charge in [-0.05, 0) is 58.4 Å². The van der Waals surface area contributed by atoms with E-state index in [1.807, 2.05) is 0 Å². The fourth-order valence-corrected chi connectivity index (χ4v) is 8.71. The summed E-state index contributed by atoms with van der Waals surface area (Å²) in [6, 6.07) is 2.75. The van der Waals surface area contributed by atoms with Crippen LogP contribution in [-0.2, 0) is 19.6 Å². The molecule has 1 atom stereocenters. The van der Waals surface area contributed by atoms with Crippen LogP contribution in [0.2, 0.25) is 10.0 Å². The fourth-order valence-electron chi connectivity index (χ4n) is 5.34. The lowest BCUT2D eigenvalue weighted by Crippen LogP contribution is -2.46. The number of halogens is 2. The smallest absolute Gasteiger partial charge is 0.306 e. The first-order chi connectivity index (χ1) is 18.7. The quantitative estimate of drug-likeness (QED) is 0.306. The van der Waals surface area contributed by atoms with Gasteiger partial charge in [0, 0.05) is 24.3 Å². The van der Waals surface area contributed by atoms with Gasteiger partial charge < -0.3 is 15.2 Å². The number of aliphatic carboxylic acids is 1. The van der Waals surface area contributed by atoms with E-state index in [4.69, 9.17) is 38.0 Å². The Morgan fingerprint density at radius 1 is 1.12 bits per heavy atom. The van der Waals surface area contributed by atoms with E-state index in [1.54, 1.807) is 33.9 Å². The van der Waals surface area contributed by atoms with E-state index < -0.39 is 39.5 Å². The van der Waals surface area contributed by atoms with Crippen LogP contribution in [0.25, 0.3) is 10.4 Å². The Balaban J connectivity index is 1.73. The number of carboxylic acids is 1. The lowest BCUT2D eigenvalue weighted by molar-refractivity contribution is -0.145. The third-order valence-electron chi connectivity index (χ3n) is 7.29. The molecule has 40 heavy (non-hydrogen) atoms. The van der Waals surface area contributed by atoms with Crippen molar-refractivity contribution >= 4 is 56.4 Å². The van der Waals surface area contributed by atoms with Crippen molar-refractivity contribution in [2.24, 2.45) is 11.8 Å². The SMILES string of the molecule is COC(c1nc(C(=O)NC2CC(C(=O)O)C2)sc1-c1ccc(S(=O)(=O)NC(C)(C)C)c(Cl)c1Cl)C1CCCCC1. The first-order valence-corrected chi connectivity index (χ1v) is 16.4. The highest BCUT2D eigenvalue weighted by atomic mass is 35.5. The summed E-state index contributed by atoms with van der Waals surface area (Å²) in [5, 5.41) is 12.1. The monoisotopic (exact) mass is 631 g/mol. The molecule has 0 saturated heterocycles. The number of rotatable bonds is 9. The van der Waals surface area contributed by atoms with Gasteiger partial charge >= 0.3 is 5.97 Å². The number of aromatic nitrogens is 1. The Bertz CT molecular complexity index is 1380. The molecule has 220 valence electrons. The Kier molecular flexibility index (Phi) is 9.53. The molecule has 2 fully saturated rings. The Morgan fingerprint density at radius 2 is 1.77 bits per heavy atom. The summed E-state index contributed by atoms with van der Waals surface area (Å²) in [7, 11) is -2.34. The molecule has 0 spiro atoms. The molecule has 2 aromatic rings. The number of nitrogens with one attached hydrogen (secondary N) is 2. The second-order valence-electron chi connectivity index (χ2n) is 11.6. The van der Waals surface area contributed by atoms with Crippen molar-refractivity contribution < 1.29 is 27.9 Å². The molecule has 2 saturated carbocycles. The van der Waals surface area contributed by atoms with Gasteiger partial charge in [0.25, 0.3) is 5.91 Å². The minimum atomic E-state index is -3.96. The average Bonchev–Trinajstić information content (AvgIpc) is 3.27. The van der Waals surface area contributed by atoms with E-state index in [0.29, 0.717) is 29.0 Å². The van der Waals surface area contributed by atoms with Gasteiger partial charge in [-0.3, -0.25) is 9.59 Å². The van der Waals surface area contributed by atoms with E-state index in [-0.39, 0.29) is 31.9 Å². The highest BCUT2D eigenvalue weighted by molar-refractivity contribution is 7.89. The van der Waals surface area contributed by atoms with Crippen LogP contribution >= 0.6 is 34.5 Å². The second-order valence-corrected chi connectivity index (χ2v) is 15.0. The maximum absolute atomic E-state index is 13.2. The van der Waals surface area contributed by atoms with E-state index in [1.165, 1.54) is 6.07 Å². The van der Waals surface area contributed by atoms with Crippen LogP contribution in [-0.4, -0.2) is 49.1 Å². The zero-order valence-electron chi connectivity index (χ0n) is 22.9. The number of ether oxygens (including phenoxy) is 1. The van der Waals surface area contributed by atoms with E-state index in [9.17, 15) is 18.0 Å². The molecule has 9 nitrogen and oxygen atoms in total. The molecule has 4 rings (SSSR count). The van der Waals surface area contributed by atoms with Gasteiger partial charge in [0.05, 0.1) is 26.5 Å². The highest BCUT2D eigenvalue weighted by Crippen LogP contribution is 2.46. The van der Waals surface area contributed by atoms with Gasteiger partial charge in [-0.25, -0.2) is 18.1 Å². The topological polar surface area (TPSA) is 135 Å². The van der Waals surface area contributed by atoms with Gasteiger partial charge in [0.2, 0.25) is 10.0 Å². The van der Waals surface area contributed by atoms with E-state index >= 15 is 0 Å². The molecule has 3 N–H and O–H groups in total. The van der Waals surface area contributed by atoms with Crippen molar-refractivity contribution in [3.05, 3.63) is 32.9 Å². The molecular weight excluding hydrogens is 597 g/mol. The molecule has 1 heterocycles. The first kappa shape index (κ1) is 31.2. The number of carbonyl (C=O) groups is 2. The number of methoxy groups -OCH3 is 1. The second kappa shape index (κ2) is 12.2. The highest BCUT2D eigenvalue weighted by Gasteiger charge is 2.37. The number of carboxylic acid groups (broad SMARTS) is 1. The van der Waals surface area contributed by atoms with Crippen molar-refractivity contribution in [1.29, 1.82) is 0 Å². The Labute approximate surface area is 249 Å². The number of amides is 1. The van der Waals surface area contributed by atoms with Gasteiger partial charge in [0.1, 0.15) is 11.0 Å².